The van der Waals surface area contributed by atoms with E-state index in [0.717, 1.165) is 34.9 Å². The normalized spacial score (nSPS) is 16.0. The molecule has 2 aromatic rings. The molecular weight excluding hydrogens is 552 g/mol. The maximum atomic E-state index is 12.9. The third-order valence-corrected chi connectivity index (χ3v) is 8.52. The highest BCUT2D eigenvalue weighted by Crippen LogP contribution is 2.31. The van der Waals surface area contributed by atoms with E-state index >= 15 is 0 Å². The second-order valence-electron chi connectivity index (χ2n) is 9.51. The summed E-state index contributed by atoms with van der Waals surface area (Å²) in [6.07, 6.45) is -9.83. The number of sulfonamides is 1. The molecule has 14 heteroatoms. The van der Waals surface area contributed by atoms with Gasteiger partial charge in [0, 0.05) is 44.0 Å². The number of halogens is 6. The lowest BCUT2D eigenvalue weighted by Gasteiger charge is -2.30. The standard InChI is InChI=1S/C25H29F6N3O4S/c1-2-39(37,38)33-12-9-17(10-13-33)14-20(35)16-34-22(4-3-11-24(26,27)28)32-21(15-23(34)36)18-5-7-19(8-6-18)25(29,30)31/h5-8,15,17H,2-4,9-14,16H2,1H3. The average Bonchev–Trinajstić information content (AvgIpc) is 2.85. The van der Waals surface area contributed by atoms with E-state index in [1.54, 1.807) is 6.92 Å². The summed E-state index contributed by atoms with van der Waals surface area (Å²) >= 11 is 0. The van der Waals surface area contributed by atoms with Crippen LogP contribution in [0.2, 0.25) is 0 Å². The first-order valence-corrected chi connectivity index (χ1v) is 14.0. The van der Waals surface area contributed by atoms with E-state index in [0.29, 0.717) is 12.8 Å². The Balaban J connectivity index is 1.79. The third kappa shape index (κ3) is 8.62. The maximum Gasteiger partial charge on any atom is 0.416 e. The largest absolute Gasteiger partial charge is 0.416 e. The van der Waals surface area contributed by atoms with Crippen molar-refractivity contribution in [3.05, 3.63) is 52.1 Å². The third-order valence-electron chi connectivity index (χ3n) is 6.64. The Kier molecular flexibility index (Phi) is 9.63. The highest BCUT2D eigenvalue weighted by Gasteiger charge is 2.31. The number of carbonyl (C=O) groups excluding carboxylic acids is 1. The number of benzene rings is 1. The molecule has 1 fully saturated rings. The fraction of sp³-hybridized carbons (Fsp3) is 0.560. The zero-order chi connectivity index (χ0) is 29.0. The molecule has 39 heavy (non-hydrogen) atoms. The first kappa shape index (κ1) is 30.8. The number of Topliss-reactive ketones (excluding diaryl/α,β-unsaturated/α-hetero) is 1. The van der Waals surface area contributed by atoms with Crippen LogP contribution in [0.4, 0.5) is 26.3 Å². The van der Waals surface area contributed by atoms with Crippen LogP contribution < -0.4 is 5.56 Å². The fourth-order valence-electron chi connectivity index (χ4n) is 4.48. The lowest BCUT2D eigenvalue weighted by atomic mass is 9.92. The first-order chi connectivity index (χ1) is 18.1. The molecule has 0 bridgehead atoms. The van der Waals surface area contributed by atoms with Crippen LogP contribution in [0.1, 0.15) is 50.4 Å². The first-order valence-electron chi connectivity index (χ1n) is 12.4. The molecule has 216 valence electrons. The van der Waals surface area contributed by atoms with Crippen molar-refractivity contribution in [2.24, 2.45) is 5.92 Å². The van der Waals surface area contributed by atoms with E-state index in [2.05, 4.69) is 4.98 Å². The smallest absolute Gasteiger partial charge is 0.298 e. The monoisotopic (exact) mass is 581 g/mol. The number of rotatable bonds is 10. The molecule has 0 aliphatic carbocycles. The number of nitrogens with zero attached hydrogens (tertiary/aromatic N) is 3. The molecule has 0 atom stereocenters. The molecule has 1 aromatic heterocycles. The van der Waals surface area contributed by atoms with Gasteiger partial charge in [-0.3, -0.25) is 14.2 Å². The molecule has 0 amide bonds. The summed E-state index contributed by atoms with van der Waals surface area (Å²) in [6, 6.07) is 4.89. The van der Waals surface area contributed by atoms with Crippen LogP contribution in [-0.2, 0) is 34.0 Å². The molecule has 1 aliphatic rings. The van der Waals surface area contributed by atoms with Gasteiger partial charge in [0.1, 0.15) is 5.82 Å². The van der Waals surface area contributed by atoms with Crippen molar-refractivity contribution in [3.8, 4) is 11.3 Å². The van der Waals surface area contributed by atoms with E-state index in [-0.39, 0.29) is 60.5 Å². The van der Waals surface area contributed by atoms with Gasteiger partial charge in [-0.05, 0) is 44.2 Å². The second kappa shape index (κ2) is 12.2. The Hall–Kier alpha value is -2.74. The van der Waals surface area contributed by atoms with Gasteiger partial charge in [-0.15, -0.1) is 0 Å². The fourth-order valence-corrected chi connectivity index (χ4v) is 5.61. The van der Waals surface area contributed by atoms with Gasteiger partial charge in [0.25, 0.3) is 5.56 Å². The minimum absolute atomic E-state index is 0.0102. The van der Waals surface area contributed by atoms with Gasteiger partial charge < -0.3 is 0 Å². The number of aromatic nitrogens is 2. The highest BCUT2D eigenvalue weighted by molar-refractivity contribution is 7.89. The van der Waals surface area contributed by atoms with E-state index < -0.39 is 52.9 Å². The summed E-state index contributed by atoms with van der Waals surface area (Å²) in [7, 11) is -3.33. The number of alkyl halides is 6. The Labute approximate surface area is 221 Å². The summed E-state index contributed by atoms with van der Waals surface area (Å²) in [4.78, 5) is 30.0. The molecule has 3 rings (SSSR count). The molecule has 0 unspecified atom stereocenters. The van der Waals surface area contributed by atoms with Crippen LogP contribution >= 0.6 is 0 Å². The Morgan fingerprint density at radius 1 is 1.05 bits per heavy atom. The Bertz CT molecular complexity index is 1310. The number of aryl methyl sites for hydroxylation is 1. The van der Waals surface area contributed by atoms with Gasteiger partial charge in [0.2, 0.25) is 10.0 Å². The molecule has 0 saturated carbocycles. The molecule has 7 nitrogen and oxygen atoms in total. The van der Waals surface area contributed by atoms with Crippen molar-refractivity contribution in [1.29, 1.82) is 0 Å². The van der Waals surface area contributed by atoms with Gasteiger partial charge in [-0.2, -0.15) is 26.3 Å². The molecule has 1 aliphatic heterocycles. The number of ketones is 1. The molecule has 1 aromatic carbocycles. The van der Waals surface area contributed by atoms with E-state index in [4.69, 9.17) is 0 Å². The van der Waals surface area contributed by atoms with E-state index in [1.807, 2.05) is 0 Å². The minimum atomic E-state index is -4.57. The predicted octanol–water partition coefficient (Wildman–Crippen LogP) is 4.84. The van der Waals surface area contributed by atoms with Crippen LogP contribution in [0.25, 0.3) is 11.3 Å². The topological polar surface area (TPSA) is 89.3 Å². The van der Waals surface area contributed by atoms with E-state index in [1.165, 1.54) is 4.31 Å². The summed E-state index contributed by atoms with van der Waals surface area (Å²) in [6.45, 7) is 1.68. The van der Waals surface area contributed by atoms with Crippen LogP contribution in [0.15, 0.2) is 35.1 Å². The second-order valence-corrected chi connectivity index (χ2v) is 11.8. The van der Waals surface area contributed by atoms with Crippen LogP contribution in [-0.4, -0.2) is 53.1 Å². The quantitative estimate of drug-likeness (QED) is 0.375. The number of piperidine rings is 1. The lowest BCUT2D eigenvalue weighted by molar-refractivity contribution is -0.137. The summed E-state index contributed by atoms with van der Waals surface area (Å²) < 4.78 is 103. The van der Waals surface area contributed by atoms with Crippen molar-refractivity contribution in [2.75, 3.05) is 18.8 Å². The highest BCUT2D eigenvalue weighted by atomic mass is 32.2. The molecule has 0 spiro atoms. The zero-order valence-electron chi connectivity index (χ0n) is 21.2. The predicted molar refractivity (Wildman–Crippen MR) is 131 cm³/mol. The summed E-state index contributed by atoms with van der Waals surface area (Å²) in [5.74, 6) is -0.551. The zero-order valence-corrected chi connectivity index (χ0v) is 22.0. The summed E-state index contributed by atoms with van der Waals surface area (Å²) in [5, 5.41) is 0. The van der Waals surface area contributed by atoms with Crippen LogP contribution in [0, 0.1) is 5.92 Å². The number of carbonyl (C=O) groups is 1. The summed E-state index contributed by atoms with van der Waals surface area (Å²) in [5.41, 5.74) is -1.46. The van der Waals surface area contributed by atoms with Gasteiger partial charge in [0.05, 0.1) is 23.6 Å². The number of hydrogen-bond acceptors (Lipinski definition) is 5. The minimum Gasteiger partial charge on any atom is -0.298 e. The maximum absolute atomic E-state index is 12.9. The van der Waals surface area contributed by atoms with Crippen molar-refractivity contribution in [2.45, 2.75) is 64.3 Å². The van der Waals surface area contributed by atoms with Crippen molar-refractivity contribution < 1.29 is 39.6 Å². The lowest BCUT2D eigenvalue weighted by Crippen LogP contribution is -2.40. The molecular formula is C25H29F6N3O4S. The molecule has 0 radical (unpaired) electrons. The Morgan fingerprint density at radius 3 is 2.21 bits per heavy atom. The van der Waals surface area contributed by atoms with Gasteiger partial charge in [-0.1, -0.05) is 12.1 Å². The van der Waals surface area contributed by atoms with Crippen molar-refractivity contribution >= 4 is 15.8 Å². The van der Waals surface area contributed by atoms with Crippen LogP contribution in [0.5, 0.6) is 0 Å². The SMILES string of the molecule is CCS(=O)(=O)N1CCC(CC(=O)Cn2c(CCCC(F)(F)F)nc(-c3ccc(C(F)(F)F)cc3)cc2=O)CC1. The number of hydrogen-bond donors (Lipinski definition) is 0. The van der Waals surface area contributed by atoms with Gasteiger partial charge >= 0.3 is 12.4 Å². The average molecular weight is 582 g/mol. The Morgan fingerprint density at radius 2 is 1.67 bits per heavy atom. The van der Waals surface area contributed by atoms with Crippen LogP contribution in [0.3, 0.4) is 0 Å². The van der Waals surface area contributed by atoms with E-state index in [9.17, 15) is 44.3 Å². The molecule has 0 N–H and O–H groups in total. The van der Waals surface area contributed by atoms with Gasteiger partial charge in [-0.25, -0.2) is 17.7 Å². The van der Waals surface area contributed by atoms with Crippen molar-refractivity contribution in [1.82, 2.24) is 13.9 Å². The molecule has 2 heterocycles. The van der Waals surface area contributed by atoms with Gasteiger partial charge in [0.15, 0.2) is 5.78 Å². The van der Waals surface area contributed by atoms with Crippen molar-refractivity contribution in [3.63, 3.8) is 0 Å². The molecule has 1 saturated heterocycles.